The molecule has 0 fully saturated rings. The Morgan fingerprint density at radius 2 is 2.25 bits per heavy atom. The highest BCUT2D eigenvalue weighted by Gasteiger charge is 2.10. The highest BCUT2D eigenvalue weighted by molar-refractivity contribution is 7.10. The van der Waals surface area contributed by atoms with Gasteiger partial charge < -0.3 is 10.6 Å². The van der Waals surface area contributed by atoms with E-state index in [-0.39, 0.29) is 11.9 Å². The van der Waals surface area contributed by atoms with Crippen LogP contribution in [0.15, 0.2) is 17.5 Å². The van der Waals surface area contributed by atoms with Gasteiger partial charge in [0.2, 0.25) is 5.91 Å². The quantitative estimate of drug-likeness (QED) is 0.801. The van der Waals surface area contributed by atoms with Crippen LogP contribution in [0.4, 0.5) is 0 Å². The highest BCUT2D eigenvalue weighted by atomic mass is 32.1. The van der Waals surface area contributed by atoms with Crippen molar-refractivity contribution in [2.24, 2.45) is 0 Å². The van der Waals surface area contributed by atoms with Crippen LogP contribution in [0.2, 0.25) is 0 Å². The number of thiophene rings is 1. The van der Waals surface area contributed by atoms with Gasteiger partial charge in [0.1, 0.15) is 0 Å². The molecule has 4 heteroatoms. The molecule has 1 unspecified atom stereocenters. The minimum Gasteiger partial charge on any atom is -0.348 e. The van der Waals surface area contributed by atoms with Gasteiger partial charge in [-0.05, 0) is 31.7 Å². The molecule has 2 atom stereocenters. The lowest BCUT2D eigenvalue weighted by molar-refractivity contribution is -0.121. The van der Waals surface area contributed by atoms with Crippen LogP contribution in [-0.2, 0) is 4.79 Å². The van der Waals surface area contributed by atoms with Crippen LogP contribution in [0.25, 0.3) is 0 Å². The summed E-state index contributed by atoms with van der Waals surface area (Å²) in [5.41, 5.74) is 0. The van der Waals surface area contributed by atoms with Crippen LogP contribution < -0.4 is 10.6 Å². The van der Waals surface area contributed by atoms with E-state index in [1.54, 1.807) is 11.3 Å². The first kappa shape index (κ1) is 13.2. The third-order valence-electron chi connectivity index (χ3n) is 2.57. The number of carbonyl (C=O) groups excluding carboxylic acids is 1. The summed E-state index contributed by atoms with van der Waals surface area (Å²) in [4.78, 5) is 12.8. The van der Waals surface area contributed by atoms with Crippen molar-refractivity contribution in [2.75, 3.05) is 6.54 Å². The molecule has 0 spiro atoms. The smallest absolute Gasteiger partial charge is 0.234 e. The second-order valence-corrected chi connectivity index (χ2v) is 4.97. The molecule has 1 aromatic rings. The van der Waals surface area contributed by atoms with Crippen LogP contribution in [-0.4, -0.2) is 18.5 Å². The van der Waals surface area contributed by atoms with Gasteiger partial charge in [0.15, 0.2) is 0 Å². The Labute approximate surface area is 101 Å². The average molecular weight is 240 g/mol. The molecule has 0 aliphatic rings. The van der Waals surface area contributed by atoms with Crippen LogP contribution in [0.5, 0.6) is 0 Å². The molecule has 0 aliphatic heterocycles. The van der Waals surface area contributed by atoms with E-state index in [1.165, 1.54) is 4.88 Å². The van der Waals surface area contributed by atoms with E-state index in [0.717, 1.165) is 6.42 Å². The molecular formula is C12H20N2OS. The second kappa shape index (κ2) is 6.66. The van der Waals surface area contributed by atoms with Crippen molar-refractivity contribution in [3.8, 4) is 0 Å². The van der Waals surface area contributed by atoms with Gasteiger partial charge in [-0.2, -0.15) is 0 Å². The Hall–Kier alpha value is -0.870. The largest absolute Gasteiger partial charge is 0.348 e. The topological polar surface area (TPSA) is 41.1 Å². The van der Waals surface area contributed by atoms with Crippen LogP contribution in [0, 0.1) is 0 Å². The molecule has 3 nitrogen and oxygen atoms in total. The molecular weight excluding hydrogens is 220 g/mol. The standard InChI is InChI=1S/C12H20N2OS/c1-4-9(2)13-8-12(15)14-10(3)11-6-5-7-16-11/h5-7,9-10,13H,4,8H2,1-3H3,(H,14,15)/t9?,10-/m0/s1. The molecule has 1 amide bonds. The Balaban J connectivity index is 2.29. The predicted octanol–water partition coefficient (Wildman–Crippen LogP) is 2.31. The second-order valence-electron chi connectivity index (χ2n) is 3.99. The van der Waals surface area contributed by atoms with Gasteiger partial charge in [0.05, 0.1) is 12.6 Å². The van der Waals surface area contributed by atoms with E-state index < -0.39 is 0 Å². The average Bonchev–Trinajstić information content (AvgIpc) is 2.79. The minimum absolute atomic E-state index is 0.0567. The summed E-state index contributed by atoms with van der Waals surface area (Å²) in [6, 6.07) is 4.53. The Morgan fingerprint density at radius 1 is 1.50 bits per heavy atom. The summed E-state index contributed by atoms with van der Waals surface area (Å²) < 4.78 is 0. The summed E-state index contributed by atoms with van der Waals surface area (Å²) in [5, 5.41) is 8.17. The molecule has 1 heterocycles. The SMILES string of the molecule is CCC(C)NCC(=O)N[C@@H](C)c1cccs1. The van der Waals surface area contributed by atoms with Gasteiger partial charge in [-0.3, -0.25) is 4.79 Å². The highest BCUT2D eigenvalue weighted by Crippen LogP contribution is 2.17. The molecule has 1 aromatic heterocycles. The lowest BCUT2D eigenvalue weighted by atomic mass is 10.2. The predicted molar refractivity (Wildman–Crippen MR) is 68.6 cm³/mol. The molecule has 0 saturated heterocycles. The number of carbonyl (C=O) groups is 1. The van der Waals surface area contributed by atoms with Gasteiger partial charge in [0, 0.05) is 10.9 Å². The first-order valence-electron chi connectivity index (χ1n) is 5.69. The molecule has 2 N–H and O–H groups in total. The number of amides is 1. The summed E-state index contributed by atoms with van der Waals surface area (Å²) in [7, 11) is 0. The van der Waals surface area contributed by atoms with Crippen LogP contribution >= 0.6 is 11.3 Å². The van der Waals surface area contributed by atoms with Crippen molar-refractivity contribution in [3.05, 3.63) is 22.4 Å². The fraction of sp³-hybridized carbons (Fsp3) is 0.583. The molecule has 0 aliphatic carbocycles. The fourth-order valence-corrected chi connectivity index (χ4v) is 2.05. The van der Waals surface area contributed by atoms with Gasteiger partial charge in [-0.25, -0.2) is 0 Å². The molecule has 0 bridgehead atoms. The van der Waals surface area contributed by atoms with E-state index >= 15 is 0 Å². The Morgan fingerprint density at radius 3 is 2.81 bits per heavy atom. The molecule has 0 saturated carbocycles. The van der Waals surface area contributed by atoms with E-state index in [9.17, 15) is 4.79 Å². The van der Waals surface area contributed by atoms with Gasteiger partial charge in [0.25, 0.3) is 0 Å². The van der Waals surface area contributed by atoms with Crippen LogP contribution in [0.3, 0.4) is 0 Å². The maximum atomic E-state index is 11.6. The zero-order chi connectivity index (χ0) is 12.0. The first-order chi connectivity index (χ1) is 7.63. The van der Waals surface area contributed by atoms with E-state index in [0.29, 0.717) is 12.6 Å². The van der Waals surface area contributed by atoms with Crippen molar-refractivity contribution in [1.82, 2.24) is 10.6 Å². The fourth-order valence-electron chi connectivity index (χ4n) is 1.31. The molecule has 16 heavy (non-hydrogen) atoms. The van der Waals surface area contributed by atoms with Gasteiger partial charge >= 0.3 is 0 Å². The Bertz CT molecular complexity index is 311. The Kier molecular flexibility index (Phi) is 5.49. The summed E-state index contributed by atoms with van der Waals surface area (Å²) in [5.74, 6) is 0.0567. The maximum Gasteiger partial charge on any atom is 0.234 e. The van der Waals surface area contributed by atoms with E-state index in [2.05, 4.69) is 24.5 Å². The first-order valence-corrected chi connectivity index (χ1v) is 6.57. The summed E-state index contributed by atoms with van der Waals surface area (Å²) >= 11 is 1.67. The van der Waals surface area contributed by atoms with E-state index in [4.69, 9.17) is 0 Å². The zero-order valence-corrected chi connectivity index (χ0v) is 10.9. The third-order valence-corrected chi connectivity index (χ3v) is 3.63. The summed E-state index contributed by atoms with van der Waals surface area (Å²) in [6.45, 7) is 6.58. The number of rotatable bonds is 6. The molecule has 90 valence electrons. The molecule has 0 radical (unpaired) electrons. The normalized spacial score (nSPS) is 14.4. The van der Waals surface area contributed by atoms with Gasteiger partial charge in [-0.1, -0.05) is 13.0 Å². The van der Waals surface area contributed by atoms with Crippen LogP contribution in [0.1, 0.15) is 38.1 Å². The number of hydrogen-bond acceptors (Lipinski definition) is 3. The number of nitrogens with one attached hydrogen (secondary N) is 2. The van der Waals surface area contributed by atoms with E-state index in [1.807, 2.05) is 24.4 Å². The van der Waals surface area contributed by atoms with Crippen molar-refractivity contribution in [2.45, 2.75) is 39.3 Å². The minimum atomic E-state index is 0.0567. The van der Waals surface area contributed by atoms with Crippen molar-refractivity contribution in [1.29, 1.82) is 0 Å². The molecule has 1 rings (SSSR count). The number of hydrogen-bond donors (Lipinski definition) is 2. The van der Waals surface area contributed by atoms with Crippen molar-refractivity contribution >= 4 is 17.2 Å². The monoisotopic (exact) mass is 240 g/mol. The third kappa shape index (κ3) is 4.33. The lowest BCUT2D eigenvalue weighted by Crippen LogP contribution is -2.38. The zero-order valence-electron chi connectivity index (χ0n) is 10.1. The summed E-state index contributed by atoms with van der Waals surface area (Å²) in [6.07, 6.45) is 1.04. The van der Waals surface area contributed by atoms with Gasteiger partial charge in [-0.15, -0.1) is 11.3 Å². The maximum absolute atomic E-state index is 11.6. The van der Waals surface area contributed by atoms with Crippen molar-refractivity contribution in [3.63, 3.8) is 0 Å². The van der Waals surface area contributed by atoms with Crippen molar-refractivity contribution < 1.29 is 4.79 Å². The lowest BCUT2D eigenvalue weighted by Gasteiger charge is -2.14. The molecule has 0 aromatic carbocycles.